The number of piperidine rings is 1. The lowest BCUT2D eigenvalue weighted by Gasteiger charge is -2.37. The average Bonchev–Trinajstić information content (AvgIpc) is 3.31. The summed E-state index contributed by atoms with van der Waals surface area (Å²) in [6, 6.07) is 35.6. The van der Waals surface area contributed by atoms with Gasteiger partial charge in [-0.2, -0.15) is 0 Å². The maximum Gasteiger partial charge on any atom is 0.326 e. The summed E-state index contributed by atoms with van der Waals surface area (Å²) in [5, 5.41) is 3.15. The number of H-pyrrole nitrogens is 1. The van der Waals surface area contributed by atoms with E-state index in [9.17, 15) is 9.59 Å². The van der Waals surface area contributed by atoms with Gasteiger partial charge in [0.05, 0.1) is 11.0 Å². The number of carbonyl (C=O) groups excluding carboxylic acids is 1. The van der Waals surface area contributed by atoms with E-state index in [1.165, 1.54) is 0 Å². The van der Waals surface area contributed by atoms with Gasteiger partial charge in [0, 0.05) is 24.8 Å². The zero-order valence-electron chi connectivity index (χ0n) is 21.1. The van der Waals surface area contributed by atoms with Gasteiger partial charge in [-0.05, 0) is 53.8 Å². The molecule has 1 amide bonds. The summed E-state index contributed by atoms with van der Waals surface area (Å²) < 4.78 is 1.89. The fourth-order valence-electron chi connectivity index (χ4n) is 5.59. The second kappa shape index (κ2) is 10.5. The van der Waals surface area contributed by atoms with Crippen LogP contribution in [0.5, 0.6) is 0 Å². The third-order valence-electron chi connectivity index (χ3n) is 7.48. The van der Waals surface area contributed by atoms with Gasteiger partial charge < -0.3 is 10.3 Å². The van der Waals surface area contributed by atoms with Gasteiger partial charge in [0.2, 0.25) is 5.91 Å². The highest BCUT2D eigenvalue weighted by Crippen LogP contribution is 2.31. The molecule has 0 radical (unpaired) electrons. The van der Waals surface area contributed by atoms with Crippen LogP contribution in [0.25, 0.3) is 22.2 Å². The molecule has 2 N–H and O–H groups in total. The van der Waals surface area contributed by atoms with Crippen molar-refractivity contribution in [3.8, 4) is 11.1 Å². The number of hydrogen-bond acceptors (Lipinski definition) is 3. The van der Waals surface area contributed by atoms with Crippen molar-refractivity contribution in [3.05, 3.63) is 125 Å². The quantitative estimate of drug-likeness (QED) is 0.299. The number of nitrogens with zero attached hydrogens (tertiary/aromatic N) is 2. The fraction of sp³-hybridized carbons (Fsp3) is 0.188. The Labute approximate surface area is 221 Å². The van der Waals surface area contributed by atoms with E-state index in [1.54, 1.807) is 0 Å². The Hall–Kier alpha value is -4.42. The Morgan fingerprint density at radius 2 is 1.37 bits per heavy atom. The molecule has 0 aliphatic carbocycles. The Morgan fingerprint density at radius 3 is 2.08 bits per heavy atom. The maximum absolute atomic E-state index is 13.7. The molecule has 2 heterocycles. The lowest BCUT2D eigenvalue weighted by molar-refractivity contribution is -0.122. The standard InChI is InChI=1S/C32H30N4O2/c37-31(33-26-17-15-24(16-18-26)23-9-3-1-4-10-23)30(25-11-5-2-6-12-25)35-21-19-27(20-22-35)36-29-14-8-7-13-28(29)34-32(36)38/h1-18,27,30H,19-22H2,(H,33,37)(H,34,38). The van der Waals surface area contributed by atoms with Crippen LogP contribution in [0.1, 0.15) is 30.5 Å². The smallest absolute Gasteiger partial charge is 0.324 e. The van der Waals surface area contributed by atoms with Gasteiger partial charge in [-0.25, -0.2) is 4.79 Å². The normalized spacial score (nSPS) is 15.4. The first-order chi connectivity index (χ1) is 18.7. The number of imidazole rings is 1. The minimum absolute atomic E-state index is 0.0497. The van der Waals surface area contributed by atoms with Crippen molar-refractivity contribution in [1.29, 1.82) is 0 Å². The van der Waals surface area contributed by atoms with Crippen LogP contribution < -0.4 is 11.0 Å². The van der Waals surface area contributed by atoms with Crippen molar-refractivity contribution < 1.29 is 4.79 Å². The molecule has 6 nitrogen and oxygen atoms in total. The summed E-state index contributed by atoms with van der Waals surface area (Å²) in [6.45, 7) is 1.44. The van der Waals surface area contributed by atoms with Crippen LogP contribution in [-0.4, -0.2) is 33.4 Å². The lowest BCUT2D eigenvalue weighted by atomic mass is 9.98. The number of hydrogen-bond donors (Lipinski definition) is 2. The van der Waals surface area contributed by atoms with Crippen molar-refractivity contribution in [3.63, 3.8) is 0 Å². The van der Waals surface area contributed by atoms with Crippen LogP contribution in [0, 0.1) is 0 Å². The van der Waals surface area contributed by atoms with Gasteiger partial charge in [-0.3, -0.25) is 14.3 Å². The Kier molecular flexibility index (Phi) is 6.63. The van der Waals surface area contributed by atoms with Gasteiger partial charge in [0.25, 0.3) is 0 Å². The van der Waals surface area contributed by atoms with E-state index in [2.05, 4.69) is 27.3 Å². The minimum atomic E-state index is -0.411. The topological polar surface area (TPSA) is 70.1 Å². The van der Waals surface area contributed by atoms with E-state index in [0.717, 1.165) is 59.3 Å². The number of anilines is 1. The van der Waals surface area contributed by atoms with Crippen molar-refractivity contribution >= 4 is 22.6 Å². The maximum atomic E-state index is 13.7. The van der Waals surface area contributed by atoms with E-state index in [0.29, 0.717) is 0 Å². The van der Waals surface area contributed by atoms with Gasteiger partial charge in [0.15, 0.2) is 0 Å². The summed E-state index contributed by atoms with van der Waals surface area (Å²) in [5.41, 5.74) is 5.72. The molecule has 6 rings (SSSR count). The molecule has 4 aromatic carbocycles. The monoisotopic (exact) mass is 502 g/mol. The average molecular weight is 503 g/mol. The molecular formula is C32H30N4O2. The number of aromatic amines is 1. The van der Waals surface area contributed by atoms with Crippen molar-refractivity contribution in [1.82, 2.24) is 14.5 Å². The number of fused-ring (bicyclic) bond motifs is 1. The zero-order chi connectivity index (χ0) is 25.9. The van der Waals surface area contributed by atoms with Crippen LogP contribution in [0.3, 0.4) is 0 Å². The summed E-state index contributed by atoms with van der Waals surface area (Å²) in [4.78, 5) is 31.6. The van der Waals surface area contributed by atoms with Crippen LogP contribution in [0.15, 0.2) is 114 Å². The number of amides is 1. The van der Waals surface area contributed by atoms with E-state index < -0.39 is 6.04 Å². The van der Waals surface area contributed by atoms with Crippen LogP contribution in [-0.2, 0) is 4.79 Å². The van der Waals surface area contributed by atoms with Crippen LogP contribution >= 0.6 is 0 Å². The van der Waals surface area contributed by atoms with E-state index >= 15 is 0 Å². The first-order valence-corrected chi connectivity index (χ1v) is 13.1. The molecule has 1 aromatic heterocycles. The predicted molar refractivity (Wildman–Crippen MR) is 152 cm³/mol. The second-order valence-electron chi connectivity index (χ2n) is 9.83. The largest absolute Gasteiger partial charge is 0.326 e. The first-order valence-electron chi connectivity index (χ1n) is 13.1. The number of nitrogens with one attached hydrogen (secondary N) is 2. The summed E-state index contributed by atoms with van der Waals surface area (Å²) in [7, 11) is 0. The molecule has 0 saturated carbocycles. The van der Waals surface area contributed by atoms with Crippen molar-refractivity contribution in [2.75, 3.05) is 18.4 Å². The Morgan fingerprint density at radius 1 is 0.763 bits per heavy atom. The van der Waals surface area contributed by atoms with E-state index in [-0.39, 0.29) is 17.6 Å². The molecule has 0 spiro atoms. The van der Waals surface area contributed by atoms with E-state index in [1.807, 2.05) is 102 Å². The Bertz CT molecular complexity index is 1580. The van der Waals surface area contributed by atoms with Crippen molar-refractivity contribution in [2.45, 2.75) is 24.9 Å². The van der Waals surface area contributed by atoms with E-state index in [4.69, 9.17) is 0 Å². The molecule has 5 aromatic rings. The number of aromatic nitrogens is 2. The molecule has 0 bridgehead atoms. The third-order valence-corrected chi connectivity index (χ3v) is 7.48. The predicted octanol–water partition coefficient (Wildman–Crippen LogP) is 6.01. The summed E-state index contributed by atoms with van der Waals surface area (Å²) in [6.07, 6.45) is 1.59. The van der Waals surface area contributed by atoms with Crippen molar-refractivity contribution in [2.24, 2.45) is 0 Å². The van der Waals surface area contributed by atoms with Gasteiger partial charge in [-0.1, -0.05) is 84.9 Å². The number of likely N-dealkylation sites (tertiary alicyclic amines) is 1. The SMILES string of the molecule is O=C(Nc1ccc(-c2ccccc2)cc1)C(c1ccccc1)N1CCC(n2c(=O)[nH]c3ccccc32)CC1. The molecule has 1 saturated heterocycles. The van der Waals surface area contributed by atoms with Gasteiger partial charge in [-0.15, -0.1) is 0 Å². The van der Waals surface area contributed by atoms with Gasteiger partial charge >= 0.3 is 5.69 Å². The highest BCUT2D eigenvalue weighted by molar-refractivity contribution is 5.95. The Balaban J connectivity index is 1.20. The van der Waals surface area contributed by atoms with Crippen LogP contribution in [0.2, 0.25) is 0 Å². The fourth-order valence-corrected chi connectivity index (χ4v) is 5.59. The summed E-state index contributed by atoms with van der Waals surface area (Å²) >= 11 is 0. The van der Waals surface area contributed by atoms with Crippen LogP contribution in [0.4, 0.5) is 5.69 Å². The molecule has 1 aliphatic rings. The minimum Gasteiger partial charge on any atom is -0.324 e. The number of benzene rings is 4. The second-order valence-corrected chi connectivity index (χ2v) is 9.83. The highest BCUT2D eigenvalue weighted by atomic mass is 16.2. The molecule has 1 unspecified atom stereocenters. The summed E-state index contributed by atoms with van der Waals surface area (Å²) in [5.74, 6) is -0.0497. The zero-order valence-corrected chi connectivity index (χ0v) is 21.1. The molecule has 1 fully saturated rings. The highest BCUT2D eigenvalue weighted by Gasteiger charge is 2.32. The number of carbonyl (C=O) groups is 1. The molecule has 1 aliphatic heterocycles. The first kappa shape index (κ1) is 23.9. The lowest BCUT2D eigenvalue weighted by Crippen LogP contribution is -2.43. The molecular weight excluding hydrogens is 472 g/mol. The number of rotatable bonds is 6. The molecule has 1 atom stereocenters. The third kappa shape index (κ3) is 4.78. The molecule has 190 valence electrons. The number of para-hydroxylation sites is 2. The molecule has 6 heteroatoms. The van der Waals surface area contributed by atoms with Gasteiger partial charge in [0.1, 0.15) is 6.04 Å². The molecule has 38 heavy (non-hydrogen) atoms.